The minimum atomic E-state index is -0.659. The van der Waals surface area contributed by atoms with Gasteiger partial charge in [0, 0.05) is 97.3 Å². The quantitative estimate of drug-likeness (QED) is 0.0840. The Morgan fingerprint density at radius 2 is 1.85 bits per heavy atom. The number of anilines is 2. The fourth-order valence-electron chi connectivity index (χ4n) is 8.37. The van der Waals surface area contributed by atoms with E-state index in [0.29, 0.717) is 60.8 Å². The molecule has 0 radical (unpaired) electrons. The summed E-state index contributed by atoms with van der Waals surface area (Å²) >= 11 is 12.3. The Kier molecular flexibility index (Phi) is 12.0. The van der Waals surface area contributed by atoms with E-state index in [-0.39, 0.29) is 53.7 Å². The number of nitrogen functional groups attached to an aromatic ring is 1. The number of unbranched alkanes of at least 4 members (excludes halogenated alkanes) is 1. The van der Waals surface area contributed by atoms with Crippen molar-refractivity contribution in [2.75, 3.05) is 50.4 Å². The molecule has 0 unspecified atom stereocenters. The van der Waals surface area contributed by atoms with E-state index in [4.69, 9.17) is 33.7 Å². The second kappa shape index (κ2) is 17.5. The van der Waals surface area contributed by atoms with Gasteiger partial charge < -0.3 is 30.5 Å². The Labute approximate surface area is 351 Å². The van der Waals surface area contributed by atoms with E-state index in [9.17, 15) is 23.6 Å². The van der Waals surface area contributed by atoms with Crippen LogP contribution in [0.3, 0.4) is 0 Å². The molecule has 0 saturated carbocycles. The summed E-state index contributed by atoms with van der Waals surface area (Å²) in [6.45, 7) is 4.54. The third-order valence-electron chi connectivity index (χ3n) is 11.8. The first kappa shape index (κ1) is 40.5. The number of nitrogens with zero attached hydrogens (tertiary/aromatic N) is 6. The number of carbonyl (C=O) groups excluding carboxylic acids is 4. The number of ether oxygens (including phenoxy) is 1. The standard InChI is InChI=1S/C42H46Cl2FN9O5/c43-32-7-8-33(45)39(44)30(32)13-17-59-36-18-25(19-47-40(36)46)26-20-48-54(21-26)28-11-15-51(16-12-28)14-2-1-6-38(56)52-22-27(23-52)49-34-5-3-4-29-31(34)24-53(42(29)58)35-9-10-37(55)50-41(35)57/h3-5,7-8,18-21,27-28,35,49H,1-2,6,9-17,22-24H2,(H2,46,47)(H,50,55,57)/t35-/m1/s1. The van der Waals surface area contributed by atoms with E-state index in [2.05, 4.69) is 25.6 Å². The van der Waals surface area contributed by atoms with Crippen molar-refractivity contribution in [3.8, 4) is 16.9 Å². The van der Waals surface area contributed by atoms with Crippen molar-refractivity contribution in [1.82, 2.24) is 34.8 Å². The van der Waals surface area contributed by atoms with Crippen LogP contribution < -0.4 is 21.1 Å². The first-order valence-electron chi connectivity index (χ1n) is 20.1. The van der Waals surface area contributed by atoms with Gasteiger partial charge in [-0.2, -0.15) is 5.10 Å². The summed E-state index contributed by atoms with van der Waals surface area (Å²) in [7, 11) is 0. The third-order valence-corrected chi connectivity index (χ3v) is 12.6. The number of fused-ring (bicyclic) bond motifs is 1. The van der Waals surface area contributed by atoms with Gasteiger partial charge in [-0.25, -0.2) is 9.37 Å². The van der Waals surface area contributed by atoms with Crippen LogP contribution in [-0.4, -0.2) is 105 Å². The Balaban J connectivity index is 0.734. The van der Waals surface area contributed by atoms with Crippen LogP contribution in [0, 0.1) is 5.82 Å². The van der Waals surface area contributed by atoms with E-state index in [1.165, 1.54) is 12.1 Å². The summed E-state index contributed by atoms with van der Waals surface area (Å²) in [5.74, 6) is -0.667. The molecule has 3 fully saturated rings. The van der Waals surface area contributed by atoms with Crippen molar-refractivity contribution in [1.29, 1.82) is 0 Å². The monoisotopic (exact) mass is 845 g/mol. The summed E-state index contributed by atoms with van der Waals surface area (Å²) in [5, 5.41) is 10.9. The number of aromatic nitrogens is 3. The lowest BCUT2D eigenvalue weighted by Crippen LogP contribution is -2.57. The molecule has 0 spiro atoms. The Morgan fingerprint density at radius 3 is 2.64 bits per heavy atom. The first-order chi connectivity index (χ1) is 28.5. The van der Waals surface area contributed by atoms with E-state index in [1.54, 1.807) is 17.2 Å². The van der Waals surface area contributed by atoms with Crippen LogP contribution in [0.4, 0.5) is 15.9 Å². The maximum Gasteiger partial charge on any atom is 0.255 e. The van der Waals surface area contributed by atoms with Crippen molar-refractivity contribution >= 4 is 58.3 Å². The van der Waals surface area contributed by atoms with E-state index in [1.807, 2.05) is 40.2 Å². The van der Waals surface area contributed by atoms with Crippen LogP contribution in [-0.2, 0) is 27.3 Å². The summed E-state index contributed by atoms with van der Waals surface area (Å²) in [4.78, 5) is 60.4. The second-order valence-electron chi connectivity index (χ2n) is 15.6. The van der Waals surface area contributed by atoms with Crippen LogP contribution in [0.15, 0.2) is 55.0 Å². The van der Waals surface area contributed by atoms with Crippen LogP contribution in [0.1, 0.15) is 72.5 Å². The van der Waals surface area contributed by atoms with Crippen LogP contribution in [0.5, 0.6) is 5.75 Å². The number of imide groups is 1. The maximum absolute atomic E-state index is 13.9. The zero-order valence-electron chi connectivity index (χ0n) is 32.5. The van der Waals surface area contributed by atoms with Crippen molar-refractivity contribution in [2.24, 2.45) is 0 Å². The van der Waals surface area contributed by atoms with Gasteiger partial charge in [0.1, 0.15) is 11.9 Å². The highest BCUT2D eigenvalue weighted by molar-refractivity contribution is 6.36. The summed E-state index contributed by atoms with van der Waals surface area (Å²) in [6.07, 6.45) is 10.6. The van der Waals surface area contributed by atoms with E-state index < -0.39 is 17.8 Å². The number of rotatable bonds is 14. The average Bonchev–Trinajstić information content (AvgIpc) is 3.84. The molecule has 8 rings (SSSR count). The smallest absolute Gasteiger partial charge is 0.255 e. The van der Waals surface area contributed by atoms with Gasteiger partial charge in [-0.1, -0.05) is 29.3 Å². The zero-order valence-corrected chi connectivity index (χ0v) is 34.0. The maximum atomic E-state index is 13.9. The molecule has 0 bridgehead atoms. The second-order valence-corrected chi connectivity index (χ2v) is 16.4. The number of benzene rings is 2. The van der Waals surface area contributed by atoms with Crippen molar-refractivity contribution < 1.29 is 28.3 Å². The Morgan fingerprint density at radius 1 is 1.03 bits per heavy atom. The minimum Gasteiger partial charge on any atom is -0.489 e. The van der Waals surface area contributed by atoms with Gasteiger partial charge in [-0.05, 0) is 74.5 Å². The van der Waals surface area contributed by atoms with Crippen molar-refractivity contribution in [2.45, 2.75) is 76.0 Å². The number of nitrogens with two attached hydrogens (primary N) is 1. The molecular formula is C42H46Cl2FN9O5. The lowest BCUT2D eigenvalue weighted by atomic mass is 10.0. The minimum absolute atomic E-state index is 0.0166. The van der Waals surface area contributed by atoms with Crippen LogP contribution in [0.25, 0.3) is 11.1 Å². The fourth-order valence-corrected chi connectivity index (χ4v) is 8.93. The number of hydrogen-bond acceptors (Lipinski definition) is 10. The van der Waals surface area contributed by atoms with Gasteiger partial charge in [-0.3, -0.25) is 29.2 Å². The highest BCUT2D eigenvalue weighted by atomic mass is 35.5. The number of pyridine rings is 1. The molecule has 4 N–H and O–H groups in total. The predicted octanol–water partition coefficient (Wildman–Crippen LogP) is 5.49. The molecule has 1 atom stereocenters. The number of hydrogen-bond donors (Lipinski definition) is 3. The molecule has 4 amide bonds. The van der Waals surface area contributed by atoms with Gasteiger partial charge in [0.05, 0.1) is 29.9 Å². The number of nitrogens with one attached hydrogen (secondary N) is 2. The number of halogens is 3. The molecule has 14 nitrogen and oxygen atoms in total. The number of amides is 4. The largest absolute Gasteiger partial charge is 0.489 e. The molecule has 59 heavy (non-hydrogen) atoms. The van der Waals surface area contributed by atoms with Gasteiger partial charge in [0.25, 0.3) is 5.91 Å². The molecule has 0 aliphatic carbocycles. The highest BCUT2D eigenvalue weighted by Gasteiger charge is 2.40. The molecule has 310 valence electrons. The highest BCUT2D eigenvalue weighted by Crippen LogP contribution is 2.34. The number of piperidine rings is 2. The molecule has 2 aromatic heterocycles. The third kappa shape index (κ3) is 8.87. The van der Waals surface area contributed by atoms with E-state index >= 15 is 0 Å². The Bertz CT molecular complexity index is 2260. The number of likely N-dealkylation sites (tertiary alicyclic amines) is 2. The molecule has 4 aliphatic rings. The Hall–Kier alpha value is -5.25. The average molecular weight is 847 g/mol. The zero-order chi connectivity index (χ0) is 41.2. The topological polar surface area (TPSA) is 168 Å². The first-order valence-corrected chi connectivity index (χ1v) is 20.9. The van der Waals surface area contributed by atoms with Gasteiger partial charge in [-0.15, -0.1) is 0 Å². The fraction of sp³-hybridized carbons (Fsp3) is 0.429. The number of carbonyl (C=O) groups is 4. The van der Waals surface area contributed by atoms with Crippen molar-refractivity contribution in [3.05, 3.63) is 87.5 Å². The lowest BCUT2D eigenvalue weighted by Gasteiger charge is -2.40. The normalized spacial score (nSPS) is 18.8. The summed E-state index contributed by atoms with van der Waals surface area (Å²) in [5.41, 5.74) is 10.5. The van der Waals surface area contributed by atoms with E-state index in [0.717, 1.165) is 67.7 Å². The molecule has 4 aliphatic heterocycles. The van der Waals surface area contributed by atoms with Crippen LogP contribution >= 0.6 is 23.2 Å². The molecule has 17 heteroatoms. The lowest BCUT2D eigenvalue weighted by molar-refractivity contribution is -0.137. The van der Waals surface area contributed by atoms with Crippen LogP contribution in [0.2, 0.25) is 10.0 Å². The molecule has 4 aromatic rings. The molecule has 6 heterocycles. The van der Waals surface area contributed by atoms with Gasteiger partial charge >= 0.3 is 0 Å². The predicted molar refractivity (Wildman–Crippen MR) is 221 cm³/mol. The van der Waals surface area contributed by atoms with Gasteiger partial charge in [0.2, 0.25) is 17.7 Å². The molecule has 2 aromatic carbocycles. The molecule has 3 saturated heterocycles. The SMILES string of the molecule is Nc1ncc(-c2cnn(C3CCN(CCCCC(=O)N4CC(Nc5cccc6c5CN([C@@H]5CCC(=O)NC5=O)C6=O)C4)CC3)c2)cc1OCCc1c(Cl)ccc(F)c1Cl. The summed E-state index contributed by atoms with van der Waals surface area (Å²) in [6, 6.07) is 9.75. The van der Waals surface area contributed by atoms with Gasteiger partial charge in [0.15, 0.2) is 11.6 Å². The molecular weight excluding hydrogens is 800 g/mol. The van der Waals surface area contributed by atoms with Crippen molar-refractivity contribution in [3.63, 3.8) is 0 Å². The summed E-state index contributed by atoms with van der Waals surface area (Å²) < 4.78 is 21.9.